The lowest BCUT2D eigenvalue weighted by Crippen LogP contribution is -2.47. The second-order valence-corrected chi connectivity index (χ2v) is 9.95. The Labute approximate surface area is 192 Å². The number of aromatic amines is 1. The summed E-state index contributed by atoms with van der Waals surface area (Å²) in [5.41, 5.74) is 2.67. The normalized spacial score (nSPS) is 17.7. The molecule has 10 heteroatoms. The van der Waals surface area contributed by atoms with Crippen LogP contribution in [0.25, 0.3) is 11.0 Å². The van der Waals surface area contributed by atoms with E-state index in [0.717, 1.165) is 23.9 Å². The minimum atomic E-state index is -3.88. The number of aromatic nitrogens is 2. The maximum absolute atomic E-state index is 13.3. The first-order valence-electron chi connectivity index (χ1n) is 11.1. The van der Waals surface area contributed by atoms with Crippen molar-refractivity contribution < 1.29 is 22.7 Å². The van der Waals surface area contributed by atoms with Crippen LogP contribution in [0, 0.1) is 0 Å². The Morgan fingerprint density at radius 1 is 1.18 bits per heavy atom. The third-order valence-electron chi connectivity index (χ3n) is 5.95. The zero-order valence-electron chi connectivity index (χ0n) is 18.3. The number of amides is 1. The fourth-order valence-electron chi connectivity index (χ4n) is 4.27. The molecular formula is C23H26N4O5S. The van der Waals surface area contributed by atoms with E-state index in [1.54, 1.807) is 11.0 Å². The lowest BCUT2D eigenvalue weighted by molar-refractivity contribution is -0.256. The molecule has 2 aromatic carbocycles. The molecule has 0 atom stereocenters. The number of H-pyrrole nitrogens is 1. The van der Waals surface area contributed by atoms with Crippen LogP contribution in [-0.4, -0.2) is 44.1 Å². The second kappa shape index (κ2) is 8.53. The van der Waals surface area contributed by atoms with Crippen LogP contribution < -0.4 is 9.62 Å². The third kappa shape index (κ3) is 3.82. The number of ether oxygens (including phenoxy) is 2. The number of fused-ring (bicyclic) bond motifs is 3. The van der Waals surface area contributed by atoms with Gasteiger partial charge < -0.3 is 19.4 Å². The van der Waals surface area contributed by atoms with Crippen molar-refractivity contribution in [2.75, 3.05) is 24.7 Å². The monoisotopic (exact) mass is 470 g/mol. The van der Waals surface area contributed by atoms with Crippen molar-refractivity contribution in [1.82, 2.24) is 14.7 Å². The summed E-state index contributed by atoms with van der Waals surface area (Å²) in [6.45, 7) is 3.32. The molecule has 1 aromatic heterocycles. The molecular weight excluding hydrogens is 444 g/mol. The summed E-state index contributed by atoms with van der Waals surface area (Å²) < 4.78 is 40.5. The highest BCUT2D eigenvalue weighted by Gasteiger charge is 2.55. The minimum Gasteiger partial charge on any atom is -0.341 e. The molecule has 9 nitrogen and oxygen atoms in total. The average molecular weight is 471 g/mol. The standard InChI is InChI=1S/C23H26N4O5S/c1-2-3-11-27-20-10-9-16(14-17(20)23(22(27)28)31-12-6-13-32-23)33(29,30)24-15-21-25-18-7-4-5-8-19(18)26-21/h4-5,7-10,14,24H,2-3,6,11-13,15H2,1H3,(H,25,26). The van der Waals surface area contributed by atoms with Crippen LogP contribution in [-0.2, 0) is 36.6 Å². The number of nitrogens with one attached hydrogen (secondary N) is 2. The smallest absolute Gasteiger partial charge is 0.292 e. The van der Waals surface area contributed by atoms with Gasteiger partial charge in [-0.2, -0.15) is 0 Å². The SMILES string of the molecule is CCCCN1C(=O)C2(OCCCO2)c2cc(S(=O)(=O)NCc3nc4ccccc4[nH]3)ccc21. The number of hydrogen-bond acceptors (Lipinski definition) is 6. The van der Waals surface area contributed by atoms with Gasteiger partial charge in [0.1, 0.15) is 5.82 Å². The zero-order chi connectivity index (χ0) is 23.1. The Bertz CT molecular complexity index is 1260. The van der Waals surface area contributed by atoms with E-state index in [1.807, 2.05) is 31.2 Å². The molecule has 5 rings (SSSR count). The van der Waals surface area contributed by atoms with Gasteiger partial charge in [-0.05, 0) is 43.2 Å². The van der Waals surface area contributed by atoms with Crippen LogP contribution in [0.15, 0.2) is 47.4 Å². The first-order chi connectivity index (χ1) is 15.9. The Hall–Kier alpha value is -2.79. The number of rotatable bonds is 7. The molecule has 174 valence electrons. The molecule has 0 saturated carbocycles. The Morgan fingerprint density at radius 2 is 1.97 bits per heavy atom. The van der Waals surface area contributed by atoms with Crippen molar-refractivity contribution in [3.05, 3.63) is 53.9 Å². The van der Waals surface area contributed by atoms with Crippen LogP contribution in [0.3, 0.4) is 0 Å². The highest BCUT2D eigenvalue weighted by atomic mass is 32.2. The Kier molecular flexibility index (Phi) is 5.69. The highest BCUT2D eigenvalue weighted by molar-refractivity contribution is 7.89. The van der Waals surface area contributed by atoms with Gasteiger partial charge in [-0.25, -0.2) is 18.1 Å². The maximum atomic E-state index is 13.3. The van der Waals surface area contributed by atoms with E-state index in [1.165, 1.54) is 12.1 Å². The largest absolute Gasteiger partial charge is 0.341 e. The number of nitrogens with zero attached hydrogens (tertiary/aromatic N) is 2. The van der Waals surface area contributed by atoms with E-state index < -0.39 is 15.8 Å². The van der Waals surface area contributed by atoms with Crippen molar-refractivity contribution in [3.63, 3.8) is 0 Å². The highest BCUT2D eigenvalue weighted by Crippen LogP contribution is 2.46. The fourth-order valence-corrected chi connectivity index (χ4v) is 5.28. The summed E-state index contributed by atoms with van der Waals surface area (Å²) >= 11 is 0. The van der Waals surface area contributed by atoms with Crippen LogP contribution >= 0.6 is 0 Å². The van der Waals surface area contributed by atoms with E-state index in [-0.39, 0.29) is 17.3 Å². The van der Waals surface area contributed by atoms with Gasteiger partial charge in [0.05, 0.1) is 41.4 Å². The van der Waals surface area contributed by atoms with Crippen molar-refractivity contribution >= 4 is 32.7 Å². The zero-order valence-corrected chi connectivity index (χ0v) is 19.2. The predicted octanol–water partition coefficient (Wildman–Crippen LogP) is 2.78. The number of benzene rings is 2. The second-order valence-electron chi connectivity index (χ2n) is 8.18. The number of carbonyl (C=O) groups excluding carboxylic acids is 1. The lowest BCUT2D eigenvalue weighted by atomic mass is 10.1. The summed E-state index contributed by atoms with van der Waals surface area (Å²) in [7, 11) is -3.88. The Morgan fingerprint density at radius 3 is 2.73 bits per heavy atom. The van der Waals surface area contributed by atoms with Gasteiger partial charge >= 0.3 is 0 Å². The van der Waals surface area contributed by atoms with E-state index >= 15 is 0 Å². The molecule has 0 aliphatic carbocycles. The van der Waals surface area contributed by atoms with Crippen molar-refractivity contribution in [2.24, 2.45) is 0 Å². The average Bonchev–Trinajstić information content (AvgIpc) is 3.34. The molecule has 1 spiro atoms. The molecule has 1 amide bonds. The summed E-state index contributed by atoms with van der Waals surface area (Å²) in [6.07, 6.45) is 2.42. The lowest BCUT2D eigenvalue weighted by Gasteiger charge is -2.32. The van der Waals surface area contributed by atoms with Crippen molar-refractivity contribution in [1.29, 1.82) is 0 Å². The molecule has 1 fully saturated rings. The number of anilines is 1. The number of para-hydroxylation sites is 2. The summed E-state index contributed by atoms with van der Waals surface area (Å²) in [5.74, 6) is -1.36. The number of carbonyl (C=O) groups is 1. The van der Waals surface area contributed by atoms with Crippen LogP contribution in [0.4, 0.5) is 5.69 Å². The van der Waals surface area contributed by atoms with E-state index in [2.05, 4.69) is 14.7 Å². The predicted molar refractivity (Wildman–Crippen MR) is 122 cm³/mol. The summed E-state index contributed by atoms with van der Waals surface area (Å²) in [5, 5.41) is 0. The number of unbranched alkanes of at least 4 members (excludes halogenated alkanes) is 1. The molecule has 0 unspecified atom stereocenters. The van der Waals surface area contributed by atoms with Gasteiger partial charge in [-0.15, -0.1) is 0 Å². The number of sulfonamides is 1. The van der Waals surface area contributed by atoms with E-state index in [9.17, 15) is 13.2 Å². The van der Waals surface area contributed by atoms with Crippen LogP contribution in [0.2, 0.25) is 0 Å². The number of imidazole rings is 1. The fraction of sp³-hybridized carbons (Fsp3) is 0.391. The summed E-state index contributed by atoms with van der Waals surface area (Å²) in [6, 6.07) is 12.2. The first kappa shape index (κ1) is 22.0. The molecule has 2 N–H and O–H groups in total. The maximum Gasteiger partial charge on any atom is 0.292 e. The van der Waals surface area contributed by atoms with Gasteiger partial charge in [-0.1, -0.05) is 25.5 Å². The molecule has 0 bridgehead atoms. The van der Waals surface area contributed by atoms with Crippen molar-refractivity contribution in [3.8, 4) is 0 Å². The molecule has 2 aliphatic heterocycles. The van der Waals surface area contributed by atoms with E-state index in [0.29, 0.717) is 43.3 Å². The van der Waals surface area contributed by atoms with Crippen molar-refractivity contribution in [2.45, 2.75) is 43.4 Å². The summed E-state index contributed by atoms with van der Waals surface area (Å²) in [4.78, 5) is 22.5. The molecule has 1 saturated heterocycles. The van der Waals surface area contributed by atoms with Gasteiger partial charge in [0.2, 0.25) is 10.0 Å². The Balaban J connectivity index is 1.45. The van der Waals surface area contributed by atoms with Gasteiger partial charge in [0, 0.05) is 12.1 Å². The minimum absolute atomic E-state index is 0.00773. The molecule has 3 aromatic rings. The van der Waals surface area contributed by atoms with Gasteiger partial charge in [0.25, 0.3) is 11.7 Å². The van der Waals surface area contributed by atoms with Crippen LogP contribution in [0.1, 0.15) is 37.6 Å². The molecule has 3 heterocycles. The third-order valence-corrected chi connectivity index (χ3v) is 7.35. The molecule has 2 aliphatic rings. The van der Waals surface area contributed by atoms with Crippen LogP contribution in [0.5, 0.6) is 0 Å². The quantitative estimate of drug-likeness (QED) is 0.549. The van der Waals surface area contributed by atoms with Gasteiger partial charge in [0.15, 0.2) is 0 Å². The van der Waals surface area contributed by atoms with E-state index in [4.69, 9.17) is 9.47 Å². The number of hydrogen-bond donors (Lipinski definition) is 2. The first-order valence-corrected chi connectivity index (χ1v) is 12.6. The molecule has 0 radical (unpaired) electrons. The topological polar surface area (TPSA) is 114 Å². The van der Waals surface area contributed by atoms with Gasteiger partial charge in [-0.3, -0.25) is 4.79 Å². The molecule has 33 heavy (non-hydrogen) atoms.